The van der Waals surface area contributed by atoms with Crippen LogP contribution >= 0.6 is 0 Å². The number of unbranched alkanes of at least 4 members (excludes halogenated alkanes) is 1. The van der Waals surface area contributed by atoms with Gasteiger partial charge in [-0.05, 0) is 40.5 Å². The maximum atomic E-state index is 10.5. The highest BCUT2D eigenvalue weighted by atomic mass is 16.5. The van der Waals surface area contributed by atoms with Crippen LogP contribution in [0.3, 0.4) is 0 Å². The highest BCUT2D eigenvalue weighted by Crippen LogP contribution is 2.07. The first-order valence-corrected chi connectivity index (χ1v) is 5.13. The Bertz CT molecular complexity index is 158. The Morgan fingerprint density at radius 2 is 1.71 bits per heavy atom. The molecule has 0 N–H and O–H groups in total. The van der Waals surface area contributed by atoms with Crippen molar-refractivity contribution >= 4 is 5.78 Å². The summed E-state index contributed by atoms with van der Waals surface area (Å²) in [6.45, 7) is 9.29. The number of carbonyl (C=O) groups is 1. The summed E-state index contributed by atoms with van der Waals surface area (Å²) in [6.07, 6.45) is 1.93. The third kappa shape index (κ3) is 11.6. The van der Waals surface area contributed by atoms with Gasteiger partial charge in [-0.2, -0.15) is 0 Å². The van der Waals surface area contributed by atoms with Crippen LogP contribution in [-0.4, -0.2) is 31.2 Å². The first kappa shape index (κ1) is 13.6. The lowest BCUT2D eigenvalue weighted by atomic mass is 10.2. The third-order valence-corrected chi connectivity index (χ3v) is 1.52. The van der Waals surface area contributed by atoms with Gasteiger partial charge in [0.1, 0.15) is 6.61 Å². The molecule has 0 bridgehead atoms. The molecule has 0 spiro atoms. The Balaban J connectivity index is 3.11. The lowest BCUT2D eigenvalue weighted by molar-refractivity contribution is -0.121. The minimum Gasteiger partial charge on any atom is -0.376 e. The maximum Gasteiger partial charge on any atom is 0.155 e. The molecule has 0 aromatic carbocycles. The van der Waals surface area contributed by atoms with E-state index in [0.29, 0.717) is 6.61 Å². The van der Waals surface area contributed by atoms with Gasteiger partial charge >= 0.3 is 0 Å². The minimum absolute atomic E-state index is 0.0553. The maximum absolute atomic E-state index is 10.5. The van der Waals surface area contributed by atoms with E-state index in [2.05, 4.69) is 0 Å². The van der Waals surface area contributed by atoms with Crippen LogP contribution in [0.5, 0.6) is 0 Å². The van der Waals surface area contributed by atoms with Crippen LogP contribution in [0.1, 0.15) is 40.5 Å². The molecular weight excluding hydrogens is 180 g/mol. The predicted molar refractivity (Wildman–Crippen MR) is 56.4 cm³/mol. The van der Waals surface area contributed by atoms with Crippen molar-refractivity contribution in [2.45, 2.75) is 46.1 Å². The minimum atomic E-state index is -0.0553. The average Bonchev–Trinajstić information content (AvgIpc) is 2.00. The number of rotatable bonds is 7. The van der Waals surface area contributed by atoms with E-state index in [-0.39, 0.29) is 18.0 Å². The summed E-state index contributed by atoms with van der Waals surface area (Å²) in [5.74, 6) is 0.0796. The van der Waals surface area contributed by atoms with Crippen molar-refractivity contribution in [2.75, 3.05) is 19.8 Å². The van der Waals surface area contributed by atoms with Gasteiger partial charge in [0.25, 0.3) is 0 Å². The summed E-state index contributed by atoms with van der Waals surface area (Å²) in [5.41, 5.74) is -0.0553. The van der Waals surface area contributed by atoms with E-state index < -0.39 is 0 Å². The molecular formula is C11H22O3. The fourth-order valence-electron chi connectivity index (χ4n) is 0.900. The van der Waals surface area contributed by atoms with Crippen LogP contribution in [-0.2, 0) is 14.3 Å². The van der Waals surface area contributed by atoms with Crippen molar-refractivity contribution < 1.29 is 14.3 Å². The summed E-state index contributed by atoms with van der Waals surface area (Å²) < 4.78 is 10.7. The fraction of sp³-hybridized carbons (Fsp3) is 0.909. The van der Waals surface area contributed by atoms with Gasteiger partial charge < -0.3 is 9.47 Å². The smallest absolute Gasteiger partial charge is 0.155 e. The van der Waals surface area contributed by atoms with E-state index in [9.17, 15) is 4.79 Å². The molecule has 0 heterocycles. The predicted octanol–water partition coefficient (Wildman–Crippen LogP) is 2.19. The number of ether oxygens (including phenoxy) is 2. The summed E-state index contributed by atoms with van der Waals surface area (Å²) in [6, 6.07) is 0. The second kappa shape index (κ2) is 6.96. The van der Waals surface area contributed by atoms with Crippen LogP contribution < -0.4 is 0 Å². The van der Waals surface area contributed by atoms with Crippen LogP contribution in [0.2, 0.25) is 0 Å². The van der Waals surface area contributed by atoms with Gasteiger partial charge in [-0.3, -0.25) is 4.79 Å². The molecule has 0 aliphatic rings. The number of ketones is 1. The largest absolute Gasteiger partial charge is 0.376 e. The van der Waals surface area contributed by atoms with Crippen LogP contribution in [0.15, 0.2) is 0 Å². The summed E-state index contributed by atoms with van der Waals surface area (Å²) in [4.78, 5) is 10.5. The molecule has 0 saturated carbocycles. The number of carbonyl (C=O) groups excluding carboxylic acids is 1. The molecule has 0 rings (SSSR count). The molecule has 0 aromatic heterocycles. The van der Waals surface area contributed by atoms with Gasteiger partial charge in [0, 0.05) is 13.2 Å². The zero-order valence-corrected chi connectivity index (χ0v) is 9.76. The quantitative estimate of drug-likeness (QED) is 0.594. The van der Waals surface area contributed by atoms with Crippen LogP contribution in [0.4, 0.5) is 0 Å². The standard InChI is InChI=1S/C11H22O3/c1-10(12)9-13-7-5-6-8-14-11(2,3)4/h5-9H2,1-4H3. The number of hydrogen-bond donors (Lipinski definition) is 0. The van der Waals surface area contributed by atoms with Gasteiger partial charge in [-0.15, -0.1) is 0 Å². The van der Waals surface area contributed by atoms with Crippen LogP contribution in [0.25, 0.3) is 0 Å². The zero-order chi connectivity index (χ0) is 11.0. The zero-order valence-electron chi connectivity index (χ0n) is 9.76. The van der Waals surface area contributed by atoms with E-state index in [0.717, 1.165) is 19.4 Å². The molecule has 0 radical (unpaired) electrons. The first-order chi connectivity index (χ1) is 6.42. The van der Waals surface area contributed by atoms with Crippen molar-refractivity contribution in [3.8, 4) is 0 Å². The molecule has 3 heteroatoms. The molecule has 14 heavy (non-hydrogen) atoms. The van der Waals surface area contributed by atoms with Gasteiger partial charge in [0.15, 0.2) is 5.78 Å². The van der Waals surface area contributed by atoms with E-state index in [4.69, 9.17) is 9.47 Å². The fourth-order valence-corrected chi connectivity index (χ4v) is 0.900. The van der Waals surface area contributed by atoms with Crippen molar-refractivity contribution in [1.82, 2.24) is 0 Å². The summed E-state index contributed by atoms with van der Waals surface area (Å²) in [5, 5.41) is 0. The highest BCUT2D eigenvalue weighted by molar-refractivity contribution is 5.76. The SMILES string of the molecule is CC(=O)COCCCCOC(C)(C)C. The summed E-state index contributed by atoms with van der Waals surface area (Å²) >= 11 is 0. The molecule has 0 aliphatic carbocycles. The Hall–Kier alpha value is -0.410. The van der Waals surface area contributed by atoms with E-state index in [1.54, 1.807) is 0 Å². The second-order valence-corrected chi connectivity index (χ2v) is 4.42. The van der Waals surface area contributed by atoms with Gasteiger partial charge in [-0.25, -0.2) is 0 Å². The highest BCUT2D eigenvalue weighted by Gasteiger charge is 2.08. The Labute approximate surface area is 86.8 Å². The molecule has 84 valence electrons. The normalized spacial score (nSPS) is 11.7. The molecule has 0 saturated heterocycles. The topological polar surface area (TPSA) is 35.5 Å². The van der Waals surface area contributed by atoms with Crippen molar-refractivity contribution in [2.24, 2.45) is 0 Å². The number of Topliss-reactive ketones (excluding diaryl/α,β-unsaturated/α-hetero) is 1. The van der Waals surface area contributed by atoms with E-state index in [1.165, 1.54) is 6.92 Å². The molecule has 0 unspecified atom stereocenters. The van der Waals surface area contributed by atoms with Gasteiger partial charge in [-0.1, -0.05) is 0 Å². The molecule has 3 nitrogen and oxygen atoms in total. The third-order valence-electron chi connectivity index (χ3n) is 1.52. The van der Waals surface area contributed by atoms with Crippen LogP contribution in [0, 0.1) is 0 Å². The van der Waals surface area contributed by atoms with Gasteiger partial charge in [0.2, 0.25) is 0 Å². The summed E-state index contributed by atoms with van der Waals surface area (Å²) in [7, 11) is 0. The monoisotopic (exact) mass is 202 g/mol. The second-order valence-electron chi connectivity index (χ2n) is 4.42. The van der Waals surface area contributed by atoms with Crippen molar-refractivity contribution in [3.05, 3.63) is 0 Å². The Morgan fingerprint density at radius 1 is 1.14 bits per heavy atom. The molecule has 0 aliphatic heterocycles. The lowest BCUT2D eigenvalue weighted by Gasteiger charge is -2.19. The molecule has 0 aromatic rings. The van der Waals surface area contributed by atoms with Gasteiger partial charge in [0.05, 0.1) is 5.60 Å². The lowest BCUT2D eigenvalue weighted by Crippen LogP contribution is -2.19. The molecule has 0 fully saturated rings. The van der Waals surface area contributed by atoms with Crippen molar-refractivity contribution in [1.29, 1.82) is 0 Å². The van der Waals surface area contributed by atoms with E-state index in [1.807, 2.05) is 20.8 Å². The molecule has 0 atom stereocenters. The Morgan fingerprint density at radius 3 is 2.21 bits per heavy atom. The average molecular weight is 202 g/mol. The number of hydrogen-bond acceptors (Lipinski definition) is 3. The molecule has 0 amide bonds. The first-order valence-electron chi connectivity index (χ1n) is 5.13. The van der Waals surface area contributed by atoms with Crippen molar-refractivity contribution in [3.63, 3.8) is 0 Å². The Kier molecular flexibility index (Phi) is 6.75. The van der Waals surface area contributed by atoms with E-state index >= 15 is 0 Å².